The third-order valence-corrected chi connectivity index (χ3v) is 4.90. The van der Waals surface area contributed by atoms with E-state index in [-0.39, 0.29) is 15.7 Å². The van der Waals surface area contributed by atoms with E-state index in [1.165, 1.54) is 12.1 Å². The summed E-state index contributed by atoms with van der Waals surface area (Å²) in [5.74, 6) is -0.0259. The smallest absolute Gasteiger partial charge is 0.180 e. The van der Waals surface area contributed by atoms with Crippen LogP contribution in [0.4, 0.5) is 5.69 Å². The summed E-state index contributed by atoms with van der Waals surface area (Å²) in [4.78, 5) is 0.0815. The van der Waals surface area contributed by atoms with Gasteiger partial charge < -0.3 is 5.73 Å². The summed E-state index contributed by atoms with van der Waals surface area (Å²) in [5, 5.41) is 4.19. The number of aromatic nitrogens is 2. The lowest BCUT2D eigenvalue weighted by molar-refractivity contribution is 0.595. The largest absolute Gasteiger partial charge is 0.399 e. The average molecular weight is 300 g/mol. The second-order valence-electron chi connectivity index (χ2n) is 4.28. The Hall–Kier alpha value is -1.53. The molecule has 0 aliphatic rings. The number of hydrogen-bond acceptors (Lipinski definition) is 4. The molecule has 1 aromatic carbocycles. The average Bonchev–Trinajstić information content (AvgIpc) is 2.76. The van der Waals surface area contributed by atoms with Crippen LogP contribution in [0.15, 0.2) is 35.5 Å². The highest BCUT2D eigenvalue weighted by atomic mass is 35.5. The molecule has 0 atom stereocenters. The van der Waals surface area contributed by atoms with Crippen molar-refractivity contribution in [3.8, 4) is 0 Å². The van der Waals surface area contributed by atoms with E-state index in [0.717, 1.165) is 5.56 Å². The van der Waals surface area contributed by atoms with Crippen LogP contribution in [-0.4, -0.2) is 24.0 Å². The molecule has 0 aliphatic heterocycles. The SMILES string of the molecule is Cn1cc(CCS(=O)(=O)c2cc(N)ccc2Cl)cn1. The van der Waals surface area contributed by atoms with Crippen LogP contribution < -0.4 is 5.73 Å². The molecule has 0 saturated heterocycles. The van der Waals surface area contributed by atoms with E-state index in [9.17, 15) is 8.42 Å². The minimum atomic E-state index is -3.45. The Bertz CT molecular complexity index is 695. The fourth-order valence-electron chi connectivity index (χ4n) is 1.72. The topological polar surface area (TPSA) is 78.0 Å². The fourth-order valence-corrected chi connectivity index (χ4v) is 3.60. The number of nitrogen functional groups attached to an aromatic ring is 1. The summed E-state index contributed by atoms with van der Waals surface area (Å²) in [6, 6.07) is 4.46. The van der Waals surface area contributed by atoms with E-state index >= 15 is 0 Å². The molecule has 1 aromatic heterocycles. The molecule has 0 saturated carbocycles. The van der Waals surface area contributed by atoms with Crippen LogP contribution in [0.3, 0.4) is 0 Å². The summed E-state index contributed by atoms with van der Waals surface area (Å²) in [7, 11) is -1.67. The highest BCUT2D eigenvalue weighted by molar-refractivity contribution is 7.91. The van der Waals surface area contributed by atoms with Crippen LogP contribution in [0.5, 0.6) is 0 Å². The number of anilines is 1. The van der Waals surface area contributed by atoms with Gasteiger partial charge in [0, 0.05) is 18.9 Å². The summed E-state index contributed by atoms with van der Waals surface area (Å²) < 4.78 is 26.1. The van der Waals surface area contributed by atoms with Crippen molar-refractivity contribution in [3.63, 3.8) is 0 Å². The van der Waals surface area contributed by atoms with Gasteiger partial charge in [-0.05, 0) is 30.2 Å². The molecule has 2 aromatic rings. The maximum absolute atomic E-state index is 12.2. The minimum absolute atomic E-state index is 0.0259. The predicted octanol–water partition coefficient (Wildman–Crippen LogP) is 1.67. The van der Waals surface area contributed by atoms with Crippen molar-refractivity contribution < 1.29 is 8.42 Å². The van der Waals surface area contributed by atoms with E-state index in [4.69, 9.17) is 17.3 Å². The summed E-state index contributed by atoms with van der Waals surface area (Å²) >= 11 is 5.92. The highest BCUT2D eigenvalue weighted by Gasteiger charge is 2.18. The lowest BCUT2D eigenvalue weighted by Crippen LogP contribution is -2.10. The van der Waals surface area contributed by atoms with Gasteiger partial charge in [0.1, 0.15) is 0 Å². The molecule has 0 aliphatic carbocycles. The van der Waals surface area contributed by atoms with Crippen LogP contribution in [0.25, 0.3) is 0 Å². The zero-order chi connectivity index (χ0) is 14.0. The molecule has 0 bridgehead atoms. The first-order chi connectivity index (χ1) is 8.88. The maximum Gasteiger partial charge on any atom is 0.180 e. The maximum atomic E-state index is 12.2. The number of hydrogen-bond donors (Lipinski definition) is 1. The molecule has 0 fully saturated rings. The third kappa shape index (κ3) is 3.27. The van der Waals surface area contributed by atoms with E-state index in [2.05, 4.69) is 5.10 Å². The molecular weight excluding hydrogens is 286 g/mol. The molecular formula is C12H14ClN3O2S. The summed E-state index contributed by atoms with van der Waals surface area (Å²) in [6.45, 7) is 0. The Kier molecular flexibility index (Phi) is 3.82. The van der Waals surface area contributed by atoms with Gasteiger partial charge in [-0.15, -0.1) is 0 Å². The Morgan fingerprint density at radius 3 is 2.79 bits per heavy atom. The molecule has 2 rings (SSSR count). The van der Waals surface area contributed by atoms with Gasteiger partial charge in [0.2, 0.25) is 0 Å². The van der Waals surface area contributed by atoms with Crippen LogP contribution in [0.2, 0.25) is 5.02 Å². The third-order valence-electron chi connectivity index (χ3n) is 2.71. The first kappa shape index (κ1) is 13.9. The number of nitrogens with two attached hydrogens (primary N) is 1. The fraction of sp³-hybridized carbons (Fsp3) is 0.250. The minimum Gasteiger partial charge on any atom is -0.399 e. The van der Waals surface area contributed by atoms with Gasteiger partial charge in [0.25, 0.3) is 0 Å². The first-order valence-electron chi connectivity index (χ1n) is 5.64. The van der Waals surface area contributed by atoms with E-state index in [0.29, 0.717) is 12.1 Å². The summed E-state index contributed by atoms with van der Waals surface area (Å²) in [6.07, 6.45) is 3.83. The van der Waals surface area contributed by atoms with Gasteiger partial charge in [-0.2, -0.15) is 5.10 Å². The van der Waals surface area contributed by atoms with Gasteiger partial charge in [-0.25, -0.2) is 8.42 Å². The molecule has 1 heterocycles. The highest BCUT2D eigenvalue weighted by Crippen LogP contribution is 2.25. The van der Waals surface area contributed by atoms with Crippen molar-refractivity contribution in [3.05, 3.63) is 41.2 Å². The summed E-state index contributed by atoms with van der Waals surface area (Å²) in [5.41, 5.74) is 6.84. The predicted molar refractivity (Wildman–Crippen MR) is 74.8 cm³/mol. The molecule has 0 amide bonds. The molecule has 7 heteroatoms. The zero-order valence-electron chi connectivity index (χ0n) is 10.4. The van der Waals surface area contributed by atoms with Gasteiger partial charge in [0.05, 0.1) is 21.9 Å². The van der Waals surface area contributed by atoms with Crippen molar-refractivity contribution in [2.75, 3.05) is 11.5 Å². The Balaban J connectivity index is 2.20. The molecule has 0 unspecified atom stereocenters. The monoisotopic (exact) mass is 299 g/mol. The van der Waals surface area contributed by atoms with Crippen LogP contribution in [0, 0.1) is 0 Å². The van der Waals surface area contributed by atoms with Crippen molar-refractivity contribution in [2.45, 2.75) is 11.3 Å². The van der Waals surface area contributed by atoms with Gasteiger partial charge >= 0.3 is 0 Å². The normalized spacial score (nSPS) is 11.7. The van der Waals surface area contributed by atoms with Crippen LogP contribution in [-0.2, 0) is 23.3 Å². The lowest BCUT2D eigenvalue weighted by Gasteiger charge is -2.06. The van der Waals surface area contributed by atoms with Crippen molar-refractivity contribution >= 4 is 27.1 Å². The van der Waals surface area contributed by atoms with Crippen LogP contribution >= 0.6 is 11.6 Å². The standard InChI is InChI=1S/C12H14ClN3O2S/c1-16-8-9(7-15-16)4-5-19(17,18)12-6-10(14)2-3-11(12)13/h2-3,6-8H,4-5,14H2,1H3. The Morgan fingerprint density at radius 1 is 1.42 bits per heavy atom. The van der Waals surface area contributed by atoms with Gasteiger partial charge in [-0.3, -0.25) is 4.68 Å². The number of sulfone groups is 1. The first-order valence-corrected chi connectivity index (χ1v) is 7.67. The van der Waals surface area contributed by atoms with E-state index in [1.54, 1.807) is 30.2 Å². The second-order valence-corrected chi connectivity index (χ2v) is 6.77. The Morgan fingerprint density at radius 2 is 2.16 bits per heavy atom. The van der Waals surface area contributed by atoms with Gasteiger partial charge in [-0.1, -0.05) is 11.6 Å². The zero-order valence-corrected chi connectivity index (χ0v) is 11.9. The molecule has 0 spiro atoms. The Labute approximate surface area is 116 Å². The molecule has 102 valence electrons. The lowest BCUT2D eigenvalue weighted by atomic mass is 10.3. The number of nitrogens with zero attached hydrogens (tertiary/aromatic N) is 2. The van der Waals surface area contributed by atoms with Crippen molar-refractivity contribution in [1.29, 1.82) is 0 Å². The van der Waals surface area contributed by atoms with Crippen molar-refractivity contribution in [1.82, 2.24) is 9.78 Å². The number of aryl methyl sites for hydroxylation is 2. The molecule has 0 radical (unpaired) electrons. The number of rotatable bonds is 4. The van der Waals surface area contributed by atoms with Crippen LogP contribution in [0.1, 0.15) is 5.56 Å². The number of halogens is 1. The van der Waals surface area contributed by atoms with E-state index in [1.807, 2.05) is 0 Å². The van der Waals surface area contributed by atoms with Gasteiger partial charge in [0.15, 0.2) is 9.84 Å². The van der Waals surface area contributed by atoms with Crippen molar-refractivity contribution in [2.24, 2.45) is 7.05 Å². The number of benzene rings is 1. The van der Waals surface area contributed by atoms with E-state index < -0.39 is 9.84 Å². The second kappa shape index (κ2) is 5.22. The molecule has 19 heavy (non-hydrogen) atoms. The quantitative estimate of drug-likeness (QED) is 0.871. The molecule has 5 nitrogen and oxygen atoms in total. The molecule has 2 N–H and O–H groups in total.